The second-order valence-corrected chi connectivity index (χ2v) is 5.19. The Morgan fingerprint density at radius 3 is 2.44 bits per heavy atom. The predicted octanol–water partition coefficient (Wildman–Crippen LogP) is -0.109. The Bertz CT molecular complexity index is 286. The normalized spacial score (nSPS) is 17.9. The summed E-state index contributed by atoms with van der Waals surface area (Å²) in [4.78, 5) is 23.9. The second-order valence-electron chi connectivity index (χ2n) is 5.19. The molecule has 0 aliphatic carbocycles. The van der Waals surface area contributed by atoms with Crippen LogP contribution in [0.2, 0.25) is 0 Å². The van der Waals surface area contributed by atoms with E-state index in [1.54, 1.807) is 0 Å². The van der Waals surface area contributed by atoms with Gasteiger partial charge in [0.25, 0.3) is 0 Å². The highest BCUT2D eigenvalue weighted by Gasteiger charge is 2.21. The number of nitrogens with zero attached hydrogens (tertiary/aromatic N) is 1. The highest BCUT2D eigenvalue weighted by Crippen LogP contribution is 2.16. The number of carbonyl (C=O) groups excluding carboxylic acids is 2. The van der Waals surface area contributed by atoms with Crippen molar-refractivity contribution in [3.05, 3.63) is 0 Å². The third-order valence-corrected chi connectivity index (χ3v) is 3.15. The van der Waals surface area contributed by atoms with Crippen molar-refractivity contribution in [2.75, 3.05) is 26.2 Å². The van der Waals surface area contributed by atoms with Crippen molar-refractivity contribution < 1.29 is 9.59 Å². The Balaban J connectivity index is 2.19. The van der Waals surface area contributed by atoms with Crippen LogP contribution in [0.5, 0.6) is 0 Å². The Hall–Kier alpha value is -1.14. The number of rotatable bonds is 5. The van der Waals surface area contributed by atoms with Gasteiger partial charge in [-0.25, -0.2) is 4.79 Å². The molecule has 0 bridgehead atoms. The van der Waals surface area contributed by atoms with E-state index in [0.717, 1.165) is 32.5 Å². The quantitative estimate of drug-likeness (QED) is 0.640. The van der Waals surface area contributed by atoms with Gasteiger partial charge in [0.2, 0.25) is 5.91 Å². The van der Waals surface area contributed by atoms with E-state index >= 15 is 0 Å². The fourth-order valence-electron chi connectivity index (χ4n) is 2.13. The second kappa shape index (κ2) is 7.33. The van der Waals surface area contributed by atoms with Gasteiger partial charge in [-0.1, -0.05) is 13.8 Å². The Morgan fingerprint density at radius 2 is 1.94 bits per heavy atom. The summed E-state index contributed by atoms with van der Waals surface area (Å²) in [6.45, 7) is 7.38. The van der Waals surface area contributed by atoms with Crippen molar-refractivity contribution in [2.45, 2.75) is 32.7 Å². The number of imide groups is 1. The minimum Gasteiger partial charge on any atom is -0.351 e. The molecule has 6 nitrogen and oxygen atoms in total. The molecule has 18 heavy (non-hydrogen) atoms. The van der Waals surface area contributed by atoms with E-state index in [-0.39, 0.29) is 12.5 Å². The van der Waals surface area contributed by atoms with E-state index in [1.165, 1.54) is 0 Å². The number of hydrogen-bond acceptors (Lipinski definition) is 4. The average Bonchev–Trinajstić information content (AvgIpc) is 2.26. The summed E-state index contributed by atoms with van der Waals surface area (Å²) in [5.41, 5.74) is 4.89. The minimum absolute atomic E-state index is 0.257. The zero-order valence-corrected chi connectivity index (χ0v) is 11.2. The first-order chi connectivity index (χ1) is 8.47. The van der Waals surface area contributed by atoms with Gasteiger partial charge in [-0.3, -0.25) is 15.0 Å². The lowest BCUT2D eigenvalue weighted by Gasteiger charge is -2.31. The molecule has 1 saturated heterocycles. The van der Waals surface area contributed by atoms with Crippen LogP contribution in [0.15, 0.2) is 0 Å². The average molecular weight is 256 g/mol. The molecule has 1 rings (SSSR count). The van der Waals surface area contributed by atoms with Gasteiger partial charge < -0.3 is 11.1 Å². The van der Waals surface area contributed by atoms with Gasteiger partial charge in [0.05, 0.1) is 6.54 Å². The van der Waals surface area contributed by atoms with Gasteiger partial charge in [-0.2, -0.15) is 0 Å². The molecular formula is C12H24N4O2. The number of piperidine rings is 1. The fraction of sp³-hybridized carbons (Fsp3) is 0.833. The summed E-state index contributed by atoms with van der Waals surface area (Å²) in [6, 6.07) is -0.264. The van der Waals surface area contributed by atoms with Gasteiger partial charge in [0.15, 0.2) is 0 Å². The van der Waals surface area contributed by atoms with Crippen LogP contribution in [0.25, 0.3) is 0 Å². The number of urea groups is 1. The van der Waals surface area contributed by atoms with Crippen LogP contribution in [0.1, 0.15) is 26.7 Å². The van der Waals surface area contributed by atoms with Crippen molar-refractivity contribution in [2.24, 2.45) is 11.7 Å². The molecule has 1 aliphatic heterocycles. The van der Waals surface area contributed by atoms with Crippen molar-refractivity contribution in [3.63, 3.8) is 0 Å². The lowest BCUT2D eigenvalue weighted by Crippen LogP contribution is -2.45. The summed E-state index contributed by atoms with van der Waals surface area (Å²) < 4.78 is 0. The van der Waals surface area contributed by atoms with Crippen LogP contribution in [-0.2, 0) is 4.79 Å². The van der Waals surface area contributed by atoms with Gasteiger partial charge in [0.1, 0.15) is 0 Å². The zero-order chi connectivity index (χ0) is 13.5. The fourth-order valence-corrected chi connectivity index (χ4v) is 2.13. The molecule has 0 radical (unpaired) electrons. The van der Waals surface area contributed by atoms with E-state index in [9.17, 15) is 9.59 Å². The molecule has 3 amide bonds. The summed E-state index contributed by atoms with van der Waals surface area (Å²) >= 11 is 0. The van der Waals surface area contributed by atoms with Gasteiger partial charge in [0, 0.05) is 6.04 Å². The van der Waals surface area contributed by atoms with Crippen molar-refractivity contribution >= 4 is 11.9 Å². The molecule has 0 aromatic heterocycles. The van der Waals surface area contributed by atoms with Crippen molar-refractivity contribution in [1.29, 1.82) is 0 Å². The molecule has 0 atom stereocenters. The monoisotopic (exact) mass is 256 g/mol. The van der Waals surface area contributed by atoms with Crippen LogP contribution in [-0.4, -0.2) is 49.1 Å². The molecule has 6 heteroatoms. The van der Waals surface area contributed by atoms with Crippen LogP contribution in [0.3, 0.4) is 0 Å². The Morgan fingerprint density at radius 1 is 1.33 bits per heavy atom. The maximum atomic E-state index is 11.4. The van der Waals surface area contributed by atoms with Crippen molar-refractivity contribution in [1.82, 2.24) is 15.5 Å². The van der Waals surface area contributed by atoms with Crippen molar-refractivity contribution in [3.8, 4) is 0 Å². The van der Waals surface area contributed by atoms with E-state index < -0.39 is 6.03 Å². The Kier molecular flexibility index (Phi) is 6.07. The molecule has 1 heterocycles. The smallest absolute Gasteiger partial charge is 0.318 e. The first-order valence-electron chi connectivity index (χ1n) is 6.52. The molecule has 0 spiro atoms. The first-order valence-corrected chi connectivity index (χ1v) is 6.52. The third-order valence-electron chi connectivity index (χ3n) is 3.15. The maximum Gasteiger partial charge on any atom is 0.318 e. The summed E-state index contributed by atoms with van der Waals surface area (Å²) in [6.07, 6.45) is 2.17. The summed E-state index contributed by atoms with van der Waals surface area (Å²) in [5.74, 6) is 0.365. The van der Waals surface area contributed by atoms with E-state index in [4.69, 9.17) is 5.73 Å². The molecule has 0 aromatic carbocycles. The topological polar surface area (TPSA) is 87.5 Å². The van der Waals surface area contributed by atoms with E-state index in [2.05, 4.69) is 29.4 Å². The predicted molar refractivity (Wildman–Crippen MR) is 70.0 cm³/mol. The largest absolute Gasteiger partial charge is 0.351 e. The lowest BCUT2D eigenvalue weighted by molar-refractivity contribution is -0.121. The molecule has 1 fully saturated rings. The number of nitrogens with one attached hydrogen (secondary N) is 2. The minimum atomic E-state index is -0.781. The van der Waals surface area contributed by atoms with Gasteiger partial charge >= 0.3 is 6.03 Å². The number of carbonyl (C=O) groups is 2. The molecule has 1 aliphatic rings. The van der Waals surface area contributed by atoms with Crippen LogP contribution in [0.4, 0.5) is 4.79 Å². The zero-order valence-electron chi connectivity index (χ0n) is 11.2. The highest BCUT2D eigenvalue weighted by atomic mass is 16.2. The molecule has 4 N–H and O–H groups in total. The van der Waals surface area contributed by atoms with E-state index in [0.29, 0.717) is 12.0 Å². The molecule has 0 aromatic rings. The molecule has 0 saturated carbocycles. The van der Waals surface area contributed by atoms with Crippen LogP contribution >= 0.6 is 0 Å². The standard InChI is InChI=1S/C12H24N4O2/c1-9(2)14-7-10-3-5-16(6-4-10)8-11(17)15-12(13)18/h9-10,14H,3-8H2,1-2H3,(H3,13,15,17,18). The number of amides is 3. The molecule has 104 valence electrons. The molecular weight excluding hydrogens is 232 g/mol. The summed E-state index contributed by atoms with van der Waals surface area (Å²) in [5, 5.41) is 5.53. The molecule has 0 unspecified atom stereocenters. The number of likely N-dealkylation sites (tertiary alicyclic amines) is 1. The van der Waals surface area contributed by atoms with Gasteiger partial charge in [-0.15, -0.1) is 0 Å². The van der Waals surface area contributed by atoms with Crippen LogP contribution in [0, 0.1) is 5.92 Å². The summed E-state index contributed by atoms with van der Waals surface area (Å²) in [7, 11) is 0. The van der Waals surface area contributed by atoms with Crippen LogP contribution < -0.4 is 16.4 Å². The van der Waals surface area contributed by atoms with E-state index in [1.807, 2.05) is 0 Å². The first kappa shape index (κ1) is 14.9. The number of hydrogen-bond donors (Lipinski definition) is 3. The third kappa shape index (κ3) is 5.97. The maximum absolute atomic E-state index is 11.4. The SMILES string of the molecule is CC(C)NCC1CCN(CC(=O)NC(N)=O)CC1. The lowest BCUT2D eigenvalue weighted by atomic mass is 9.96. The Labute approximate surface area is 108 Å². The number of primary amides is 1. The highest BCUT2D eigenvalue weighted by molar-refractivity contribution is 5.94. The van der Waals surface area contributed by atoms with Gasteiger partial charge in [-0.05, 0) is 38.4 Å². The number of nitrogens with two attached hydrogens (primary N) is 1.